The van der Waals surface area contributed by atoms with E-state index in [-0.39, 0.29) is 19.3 Å². The Morgan fingerprint density at radius 2 is 1.50 bits per heavy atom. The van der Waals surface area contributed by atoms with Crippen LogP contribution in [0.3, 0.4) is 0 Å². The summed E-state index contributed by atoms with van der Waals surface area (Å²) in [6.45, 7) is -0.908. The number of carbonyl (C=O) groups excluding carboxylic acids is 4. The summed E-state index contributed by atoms with van der Waals surface area (Å²) in [6.07, 6.45) is 0.114. The van der Waals surface area contributed by atoms with E-state index in [1.54, 1.807) is 6.20 Å². The van der Waals surface area contributed by atoms with E-state index >= 15 is 0 Å². The Morgan fingerprint density at radius 1 is 0.895 bits per heavy atom. The van der Waals surface area contributed by atoms with Gasteiger partial charge >= 0.3 is 11.9 Å². The molecule has 15 nitrogen and oxygen atoms in total. The molecule has 15 heteroatoms. The normalized spacial score (nSPS) is 14.1. The van der Waals surface area contributed by atoms with Crippen molar-refractivity contribution < 1.29 is 44.1 Å². The number of carboxylic acids is 2. The SMILES string of the molecule is NC(=O)CCC(NC(=O)C(CC(=O)O)NC(=O)C(CO)NC(=O)C(N)Cc1c[nH]c2ccccc12)C(=O)O. The molecular weight excluding hydrogens is 504 g/mol. The van der Waals surface area contributed by atoms with Gasteiger partial charge in [0.1, 0.15) is 18.1 Å². The molecule has 0 spiro atoms. The average molecular weight is 535 g/mol. The van der Waals surface area contributed by atoms with Gasteiger partial charge in [-0.25, -0.2) is 4.79 Å². The van der Waals surface area contributed by atoms with Crippen LogP contribution in [0, 0.1) is 0 Å². The highest BCUT2D eigenvalue weighted by Crippen LogP contribution is 2.18. The number of carboxylic acid groups (broad SMARTS) is 2. The fraction of sp³-hybridized carbons (Fsp3) is 0.391. The number of aliphatic carboxylic acids is 2. The van der Waals surface area contributed by atoms with E-state index < -0.39 is 72.8 Å². The molecule has 4 atom stereocenters. The van der Waals surface area contributed by atoms with Gasteiger partial charge in [0.05, 0.1) is 19.1 Å². The summed E-state index contributed by atoms with van der Waals surface area (Å²) in [5.74, 6) is -6.89. The number of nitrogens with one attached hydrogen (secondary N) is 4. The number of primary amides is 1. The molecule has 1 heterocycles. The van der Waals surface area contributed by atoms with Crippen molar-refractivity contribution in [1.82, 2.24) is 20.9 Å². The molecule has 2 aromatic rings. The van der Waals surface area contributed by atoms with Gasteiger partial charge < -0.3 is 47.7 Å². The first-order valence-electron chi connectivity index (χ1n) is 11.5. The summed E-state index contributed by atoms with van der Waals surface area (Å²) in [5.41, 5.74) is 12.6. The van der Waals surface area contributed by atoms with Gasteiger partial charge in [0.2, 0.25) is 23.6 Å². The maximum absolute atomic E-state index is 12.7. The molecular formula is C23H30N6O9. The average Bonchev–Trinajstić information content (AvgIpc) is 3.26. The molecule has 0 radical (unpaired) electrons. The fourth-order valence-electron chi connectivity index (χ4n) is 3.58. The molecule has 2 rings (SSSR count). The molecule has 0 aliphatic rings. The van der Waals surface area contributed by atoms with Gasteiger partial charge in [-0.2, -0.15) is 0 Å². The molecule has 1 aromatic heterocycles. The summed E-state index contributed by atoms with van der Waals surface area (Å²) in [4.78, 5) is 74.4. The molecule has 0 fully saturated rings. The van der Waals surface area contributed by atoms with E-state index in [0.717, 1.165) is 16.5 Å². The molecule has 0 aliphatic carbocycles. The van der Waals surface area contributed by atoms with Gasteiger partial charge in [0, 0.05) is 23.5 Å². The van der Waals surface area contributed by atoms with Crippen LogP contribution in [0.2, 0.25) is 0 Å². The van der Waals surface area contributed by atoms with Crippen molar-refractivity contribution in [2.24, 2.45) is 11.5 Å². The van der Waals surface area contributed by atoms with Crippen LogP contribution < -0.4 is 27.4 Å². The fourth-order valence-corrected chi connectivity index (χ4v) is 3.58. The van der Waals surface area contributed by atoms with E-state index in [0.29, 0.717) is 0 Å². The van der Waals surface area contributed by atoms with Crippen molar-refractivity contribution in [1.29, 1.82) is 0 Å². The number of hydrogen-bond donors (Lipinski definition) is 9. The number of carbonyl (C=O) groups is 6. The predicted molar refractivity (Wildman–Crippen MR) is 131 cm³/mol. The lowest BCUT2D eigenvalue weighted by atomic mass is 10.0. The highest BCUT2D eigenvalue weighted by molar-refractivity contribution is 5.96. The first-order valence-corrected chi connectivity index (χ1v) is 11.5. The van der Waals surface area contributed by atoms with Gasteiger partial charge in [-0.15, -0.1) is 0 Å². The molecule has 0 aliphatic heterocycles. The Balaban J connectivity index is 2.04. The van der Waals surface area contributed by atoms with E-state index in [1.165, 1.54) is 0 Å². The van der Waals surface area contributed by atoms with Crippen LogP contribution in [-0.4, -0.2) is 86.6 Å². The first-order chi connectivity index (χ1) is 17.9. The van der Waals surface area contributed by atoms with Gasteiger partial charge in [-0.1, -0.05) is 18.2 Å². The van der Waals surface area contributed by atoms with Crippen molar-refractivity contribution in [2.45, 2.75) is 49.9 Å². The number of aliphatic hydroxyl groups excluding tert-OH is 1. The lowest BCUT2D eigenvalue weighted by Gasteiger charge is -2.23. The molecule has 38 heavy (non-hydrogen) atoms. The number of aromatic amines is 1. The summed E-state index contributed by atoms with van der Waals surface area (Å²) >= 11 is 0. The number of aromatic nitrogens is 1. The minimum atomic E-state index is -1.76. The molecule has 11 N–H and O–H groups in total. The molecule has 0 bridgehead atoms. The monoisotopic (exact) mass is 534 g/mol. The molecule has 206 valence electrons. The van der Waals surface area contributed by atoms with E-state index in [4.69, 9.17) is 16.6 Å². The Hall–Kier alpha value is -4.50. The van der Waals surface area contributed by atoms with Gasteiger partial charge in [-0.05, 0) is 24.5 Å². The van der Waals surface area contributed by atoms with Crippen LogP contribution in [0.15, 0.2) is 30.5 Å². The van der Waals surface area contributed by atoms with E-state index in [2.05, 4.69) is 15.6 Å². The zero-order chi connectivity index (χ0) is 28.4. The van der Waals surface area contributed by atoms with Crippen LogP contribution >= 0.6 is 0 Å². The number of hydrogen-bond acceptors (Lipinski definition) is 8. The second-order valence-electron chi connectivity index (χ2n) is 8.48. The highest BCUT2D eigenvalue weighted by atomic mass is 16.4. The van der Waals surface area contributed by atoms with Crippen LogP contribution in [0.5, 0.6) is 0 Å². The zero-order valence-electron chi connectivity index (χ0n) is 20.2. The Bertz CT molecular complexity index is 1200. The Labute approximate surface area is 215 Å². The van der Waals surface area contributed by atoms with Crippen LogP contribution in [-0.2, 0) is 35.2 Å². The maximum Gasteiger partial charge on any atom is 0.326 e. The van der Waals surface area contributed by atoms with E-state index in [1.807, 2.05) is 29.6 Å². The number of H-pyrrole nitrogens is 1. The number of fused-ring (bicyclic) bond motifs is 1. The summed E-state index contributed by atoms with van der Waals surface area (Å²) in [7, 11) is 0. The van der Waals surface area contributed by atoms with Crippen molar-refractivity contribution >= 4 is 46.5 Å². The van der Waals surface area contributed by atoms with Crippen molar-refractivity contribution in [2.75, 3.05) is 6.61 Å². The number of rotatable bonds is 15. The lowest BCUT2D eigenvalue weighted by molar-refractivity contribution is -0.144. The Morgan fingerprint density at radius 3 is 2.11 bits per heavy atom. The first kappa shape index (κ1) is 29.7. The highest BCUT2D eigenvalue weighted by Gasteiger charge is 2.31. The quantitative estimate of drug-likeness (QED) is 0.114. The van der Waals surface area contributed by atoms with Crippen molar-refractivity contribution in [3.8, 4) is 0 Å². The molecule has 4 amide bonds. The number of aliphatic hydroxyl groups is 1. The summed E-state index contributed by atoms with van der Waals surface area (Å²) in [5, 5.41) is 35.2. The molecule has 0 saturated carbocycles. The topological polar surface area (TPSA) is 267 Å². The minimum absolute atomic E-state index is 0.0987. The smallest absolute Gasteiger partial charge is 0.326 e. The van der Waals surface area contributed by atoms with Crippen molar-refractivity contribution in [3.63, 3.8) is 0 Å². The Kier molecular flexibility index (Phi) is 10.7. The van der Waals surface area contributed by atoms with Gasteiger partial charge in [0.25, 0.3) is 0 Å². The third-order valence-electron chi connectivity index (χ3n) is 5.57. The predicted octanol–water partition coefficient (Wildman–Crippen LogP) is -2.69. The zero-order valence-corrected chi connectivity index (χ0v) is 20.2. The molecule has 0 saturated heterocycles. The largest absolute Gasteiger partial charge is 0.481 e. The number of amides is 4. The summed E-state index contributed by atoms with van der Waals surface area (Å²) in [6, 6.07) is 1.28. The van der Waals surface area contributed by atoms with Crippen LogP contribution in [0.4, 0.5) is 0 Å². The minimum Gasteiger partial charge on any atom is -0.481 e. The second kappa shape index (κ2) is 13.7. The van der Waals surface area contributed by atoms with Gasteiger partial charge in [0.15, 0.2) is 0 Å². The van der Waals surface area contributed by atoms with Crippen molar-refractivity contribution in [3.05, 3.63) is 36.0 Å². The second-order valence-corrected chi connectivity index (χ2v) is 8.48. The lowest BCUT2D eigenvalue weighted by Crippen LogP contribution is -2.58. The number of benzene rings is 1. The van der Waals surface area contributed by atoms with Crippen LogP contribution in [0.25, 0.3) is 10.9 Å². The third-order valence-corrected chi connectivity index (χ3v) is 5.57. The molecule has 1 aromatic carbocycles. The standard InChI is InChI=1S/C23H30N6O9/c24-13(7-11-9-26-14-4-2-1-3-12(11)14)20(34)29-17(10-30)22(36)28-16(8-19(32)33)21(35)27-15(23(37)38)5-6-18(25)31/h1-4,9,13,15-17,26,30H,5-8,10,24H2,(H2,25,31)(H,27,35)(H,28,36)(H,29,34)(H,32,33)(H,37,38). The summed E-state index contributed by atoms with van der Waals surface area (Å²) < 4.78 is 0. The van der Waals surface area contributed by atoms with E-state index in [9.17, 15) is 39.0 Å². The number of nitrogens with two attached hydrogens (primary N) is 2. The van der Waals surface area contributed by atoms with Crippen LogP contribution in [0.1, 0.15) is 24.8 Å². The van der Waals surface area contributed by atoms with Gasteiger partial charge in [-0.3, -0.25) is 24.0 Å². The molecule has 4 unspecified atom stereocenters. The maximum atomic E-state index is 12.7. The third kappa shape index (κ3) is 8.56. The number of para-hydroxylation sites is 1.